The lowest BCUT2D eigenvalue weighted by Crippen LogP contribution is -2.15. The van der Waals surface area contributed by atoms with Crippen LogP contribution in [0.5, 0.6) is 5.75 Å². The second-order valence-electron chi connectivity index (χ2n) is 3.32. The minimum atomic E-state index is -0.416. The quantitative estimate of drug-likeness (QED) is 0.574. The summed E-state index contributed by atoms with van der Waals surface area (Å²) in [7, 11) is 1.51. The van der Waals surface area contributed by atoms with Gasteiger partial charge in [0.1, 0.15) is 17.4 Å². The Labute approximate surface area is 95.4 Å². The molecule has 0 aromatic heterocycles. The van der Waals surface area contributed by atoms with E-state index in [1.807, 2.05) is 0 Å². The molecular formula is C13H14O3. The smallest absolute Gasteiger partial charge is 0.342 e. The van der Waals surface area contributed by atoms with Gasteiger partial charge in [0.25, 0.3) is 0 Å². The van der Waals surface area contributed by atoms with Crippen LogP contribution in [0.15, 0.2) is 24.3 Å². The van der Waals surface area contributed by atoms with Crippen LogP contribution >= 0.6 is 0 Å². The Morgan fingerprint density at radius 2 is 2.19 bits per heavy atom. The molecule has 0 spiro atoms. The van der Waals surface area contributed by atoms with Crippen LogP contribution in [0.4, 0.5) is 0 Å². The van der Waals surface area contributed by atoms with E-state index in [-0.39, 0.29) is 6.10 Å². The Hall–Kier alpha value is -1.95. The average Bonchev–Trinajstić information content (AvgIpc) is 2.29. The number of hydrogen-bond acceptors (Lipinski definition) is 3. The Morgan fingerprint density at radius 3 is 2.81 bits per heavy atom. The van der Waals surface area contributed by atoms with Crippen molar-refractivity contribution in [1.29, 1.82) is 0 Å². The highest BCUT2D eigenvalue weighted by atomic mass is 16.5. The highest BCUT2D eigenvalue weighted by Gasteiger charge is 2.15. The first-order chi connectivity index (χ1) is 7.69. The highest BCUT2D eigenvalue weighted by Crippen LogP contribution is 2.18. The molecule has 0 amide bonds. The minimum Gasteiger partial charge on any atom is -0.496 e. The van der Waals surface area contributed by atoms with Gasteiger partial charge in [-0.2, -0.15) is 0 Å². The topological polar surface area (TPSA) is 35.5 Å². The number of hydrogen-bond donors (Lipinski definition) is 0. The first-order valence-electron chi connectivity index (χ1n) is 4.96. The summed E-state index contributed by atoms with van der Waals surface area (Å²) in [6.45, 7) is 1.76. The Bertz CT molecular complexity index is 404. The average molecular weight is 218 g/mol. The van der Waals surface area contributed by atoms with Crippen LogP contribution in [0, 0.1) is 12.3 Å². The van der Waals surface area contributed by atoms with E-state index in [4.69, 9.17) is 15.9 Å². The molecule has 16 heavy (non-hydrogen) atoms. The molecule has 0 fully saturated rings. The third kappa shape index (κ3) is 3.03. The highest BCUT2D eigenvalue weighted by molar-refractivity contribution is 5.92. The molecule has 3 heteroatoms. The van der Waals surface area contributed by atoms with Crippen LogP contribution in [0.2, 0.25) is 0 Å². The zero-order valence-electron chi connectivity index (χ0n) is 9.40. The van der Waals surface area contributed by atoms with Crippen molar-refractivity contribution in [3.05, 3.63) is 29.8 Å². The van der Waals surface area contributed by atoms with Crippen LogP contribution in [0.1, 0.15) is 23.7 Å². The summed E-state index contributed by atoms with van der Waals surface area (Å²) in [4.78, 5) is 11.7. The summed E-state index contributed by atoms with van der Waals surface area (Å²) in [5, 5.41) is 0. The molecule has 1 rings (SSSR count). The number of rotatable bonds is 4. The van der Waals surface area contributed by atoms with Gasteiger partial charge in [0.2, 0.25) is 0 Å². The molecule has 0 unspecified atom stereocenters. The number of terminal acetylenes is 1. The van der Waals surface area contributed by atoms with E-state index in [9.17, 15) is 4.79 Å². The molecule has 1 aromatic carbocycles. The zero-order chi connectivity index (χ0) is 12.0. The Balaban J connectivity index is 2.77. The van der Waals surface area contributed by atoms with Crippen molar-refractivity contribution in [2.45, 2.75) is 19.4 Å². The number of para-hydroxylation sites is 1. The SMILES string of the molecule is C#CC[C@@H](C)OC(=O)c1ccccc1OC. The maximum Gasteiger partial charge on any atom is 0.342 e. The fourth-order valence-corrected chi connectivity index (χ4v) is 1.27. The molecule has 0 aliphatic heterocycles. The van der Waals surface area contributed by atoms with Gasteiger partial charge in [-0.05, 0) is 19.1 Å². The lowest BCUT2D eigenvalue weighted by molar-refractivity contribution is 0.0348. The van der Waals surface area contributed by atoms with E-state index in [0.717, 1.165) is 0 Å². The Kier molecular flexibility index (Phi) is 4.41. The van der Waals surface area contributed by atoms with Gasteiger partial charge in [-0.1, -0.05) is 12.1 Å². The summed E-state index contributed by atoms with van der Waals surface area (Å²) in [5.74, 6) is 2.53. The molecule has 0 heterocycles. The van der Waals surface area contributed by atoms with Gasteiger partial charge in [0, 0.05) is 6.42 Å². The van der Waals surface area contributed by atoms with Crippen LogP contribution in [-0.4, -0.2) is 19.2 Å². The summed E-state index contributed by atoms with van der Waals surface area (Å²) in [6.07, 6.45) is 5.25. The molecular weight excluding hydrogens is 204 g/mol. The van der Waals surface area contributed by atoms with Crippen LogP contribution < -0.4 is 4.74 Å². The van der Waals surface area contributed by atoms with E-state index in [1.165, 1.54) is 7.11 Å². The molecule has 0 aliphatic rings. The molecule has 0 radical (unpaired) electrons. The van der Waals surface area contributed by atoms with Gasteiger partial charge in [0.15, 0.2) is 0 Å². The number of methoxy groups -OCH3 is 1. The van der Waals surface area contributed by atoms with Crippen molar-refractivity contribution in [2.75, 3.05) is 7.11 Å². The predicted octanol–water partition coefficient (Wildman–Crippen LogP) is 2.26. The van der Waals surface area contributed by atoms with Gasteiger partial charge >= 0.3 is 5.97 Å². The van der Waals surface area contributed by atoms with E-state index >= 15 is 0 Å². The molecule has 0 saturated carbocycles. The lowest BCUT2D eigenvalue weighted by atomic mass is 10.2. The van der Waals surface area contributed by atoms with E-state index in [0.29, 0.717) is 17.7 Å². The van der Waals surface area contributed by atoms with Gasteiger partial charge in [0.05, 0.1) is 7.11 Å². The summed E-state index contributed by atoms with van der Waals surface area (Å²) in [6, 6.07) is 6.91. The largest absolute Gasteiger partial charge is 0.496 e. The van der Waals surface area contributed by atoms with Gasteiger partial charge < -0.3 is 9.47 Å². The van der Waals surface area contributed by atoms with Gasteiger partial charge in [-0.3, -0.25) is 0 Å². The number of ether oxygens (including phenoxy) is 2. The van der Waals surface area contributed by atoms with Crippen molar-refractivity contribution in [2.24, 2.45) is 0 Å². The lowest BCUT2D eigenvalue weighted by Gasteiger charge is -2.12. The third-order valence-corrected chi connectivity index (χ3v) is 2.04. The van der Waals surface area contributed by atoms with Crippen molar-refractivity contribution in [3.63, 3.8) is 0 Å². The molecule has 3 nitrogen and oxygen atoms in total. The van der Waals surface area contributed by atoms with E-state index in [1.54, 1.807) is 31.2 Å². The fourth-order valence-electron chi connectivity index (χ4n) is 1.27. The maximum atomic E-state index is 11.7. The molecule has 0 aliphatic carbocycles. The van der Waals surface area contributed by atoms with Crippen LogP contribution in [-0.2, 0) is 4.74 Å². The number of carbonyl (C=O) groups excluding carboxylic acids is 1. The van der Waals surface area contributed by atoms with Crippen LogP contribution in [0.25, 0.3) is 0 Å². The maximum absolute atomic E-state index is 11.7. The predicted molar refractivity (Wildman–Crippen MR) is 61.3 cm³/mol. The van der Waals surface area contributed by atoms with Crippen molar-refractivity contribution >= 4 is 5.97 Å². The van der Waals surface area contributed by atoms with Gasteiger partial charge in [-0.15, -0.1) is 12.3 Å². The minimum absolute atomic E-state index is 0.289. The second-order valence-corrected chi connectivity index (χ2v) is 3.32. The second kappa shape index (κ2) is 5.82. The monoisotopic (exact) mass is 218 g/mol. The molecule has 1 aromatic rings. The van der Waals surface area contributed by atoms with Crippen LogP contribution in [0.3, 0.4) is 0 Å². The fraction of sp³-hybridized carbons (Fsp3) is 0.308. The van der Waals surface area contributed by atoms with Crippen molar-refractivity contribution in [1.82, 2.24) is 0 Å². The summed E-state index contributed by atoms with van der Waals surface area (Å²) < 4.78 is 10.2. The first kappa shape index (κ1) is 12.1. The normalized spacial score (nSPS) is 11.3. The summed E-state index contributed by atoms with van der Waals surface area (Å²) >= 11 is 0. The number of benzene rings is 1. The van der Waals surface area contributed by atoms with Crippen molar-refractivity contribution in [3.8, 4) is 18.1 Å². The summed E-state index contributed by atoms with van der Waals surface area (Å²) in [5.41, 5.74) is 0.411. The number of esters is 1. The molecule has 0 N–H and O–H groups in total. The zero-order valence-corrected chi connectivity index (χ0v) is 9.40. The molecule has 0 saturated heterocycles. The molecule has 84 valence electrons. The third-order valence-electron chi connectivity index (χ3n) is 2.04. The Morgan fingerprint density at radius 1 is 1.50 bits per heavy atom. The first-order valence-corrected chi connectivity index (χ1v) is 4.96. The van der Waals surface area contributed by atoms with E-state index < -0.39 is 5.97 Å². The van der Waals surface area contributed by atoms with E-state index in [2.05, 4.69) is 5.92 Å². The standard InChI is InChI=1S/C13H14O3/c1-4-7-10(2)16-13(14)11-8-5-6-9-12(11)15-3/h1,5-6,8-10H,7H2,2-3H3/t10-/m1/s1. The van der Waals surface area contributed by atoms with Gasteiger partial charge in [-0.25, -0.2) is 4.79 Å². The molecule has 0 bridgehead atoms. The van der Waals surface area contributed by atoms with Crippen molar-refractivity contribution < 1.29 is 14.3 Å². The molecule has 1 atom stereocenters. The number of carbonyl (C=O) groups is 1.